The molecule has 0 unspecified atom stereocenters. The van der Waals surface area contributed by atoms with Gasteiger partial charge >= 0.3 is 6.18 Å². The molecule has 2 amide bonds. The highest BCUT2D eigenvalue weighted by atomic mass is 19.4. The van der Waals surface area contributed by atoms with Crippen LogP contribution in [0.2, 0.25) is 0 Å². The zero-order valence-electron chi connectivity index (χ0n) is 22.1. The molecule has 1 aromatic heterocycles. The normalized spacial score (nSPS) is 27.2. The van der Waals surface area contributed by atoms with Gasteiger partial charge in [0.1, 0.15) is 5.60 Å². The van der Waals surface area contributed by atoms with Crippen LogP contribution in [-0.4, -0.2) is 59.8 Å². The van der Waals surface area contributed by atoms with Gasteiger partial charge in [0.05, 0.1) is 29.4 Å². The molecule has 0 bridgehead atoms. The van der Waals surface area contributed by atoms with Crippen molar-refractivity contribution in [2.45, 2.75) is 63.0 Å². The number of pyridine rings is 1. The zero-order chi connectivity index (χ0) is 28.3. The first-order valence-electron chi connectivity index (χ1n) is 13.2. The molecule has 2 aromatic rings. The predicted molar refractivity (Wildman–Crippen MR) is 138 cm³/mol. The molecule has 0 radical (unpaired) electrons. The van der Waals surface area contributed by atoms with Crippen molar-refractivity contribution >= 4 is 11.8 Å². The van der Waals surface area contributed by atoms with Crippen LogP contribution in [0.25, 0.3) is 0 Å². The number of aromatic nitrogens is 1. The van der Waals surface area contributed by atoms with Crippen LogP contribution >= 0.6 is 0 Å². The van der Waals surface area contributed by atoms with Crippen molar-refractivity contribution in [2.75, 3.05) is 26.2 Å². The molecule has 2 fully saturated rings. The number of aliphatic hydroxyl groups is 1. The molecular formula is C28H35F3N4O4. The Bertz CT molecular complexity index is 1180. The number of amides is 2. The van der Waals surface area contributed by atoms with Crippen LogP contribution < -0.4 is 16.0 Å². The number of rotatable bonds is 8. The van der Waals surface area contributed by atoms with Crippen LogP contribution in [-0.2, 0) is 21.3 Å². The van der Waals surface area contributed by atoms with E-state index in [1.54, 1.807) is 0 Å². The van der Waals surface area contributed by atoms with Gasteiger partial charge in [-0.15, -0.1) is 0 Å². The second kappa shape index (κ2) is 11.6. The molecule has 8 nitrogen and oxygen atoms in total. The second-order valence-electron chi connectivity index (χ2n) is 10.4. The Labute approximate surface area is 225 Å². The quantitative estimate of drug-likeness (QED) is 0.404. The van der Waals surface area contributed by atoms with Crippen molar-refractivity contribution in [1.82, 2.24) is 20.9 Å². The SMILES string of the molecule is CCO[C@H]1CNC[C@@]1(NC(=O)CNC(=O)c1cccc(C(F)(F)F)c1)C1CCC(O)(c2cccc(C)n2)CC1. The maximum atomic E-state index is 13.1. The average molecular weight is 549 g/mol. The van der Waals surface area contributed by atoms with Crippen molar-refractivity contribution in [3.8, 4) is 0 Å². The largest absolute Gasteiger partial charge is 0.416 e. The highest BCUT2D eigenvalue weighted by Gasteiger charge is 2.53. The number of nitrogens with one attached hydrogen (secondary N) is 3. The van der Waals surface area contributed by atoms with Crippen molar-refractivity contribution in [1.29, 1.82) is 0 Å². The Hall–Kier alpha value is -3.02. The van der Waals surface area contributed by atoms with Gasteiger partial charge in [-0.1, -0.05) is 12.1 Å². The number of carbonyl (C=O) groups excluding carboxylic acids is 2. The number of nitrogens with zero attached hydrogens (tertiary/aromatic N) is 1. The average Bonchev–Trinajstić information content (AvgIpc) is 3.30. The molecule has 1 aliphatic carbocycles. The Kier molecular flexibility index (Phi) is 8.63. The summed E-state index contributed by atoms with van der Waals surface area (Å²) in [5.41, 5.74) is -1.47. The lowest BCUT2D eigenvalue weighted by Gasteiger charge is -2.46. The van der Waals surface area contributed by atoms with E-state index >= 15 is 0 Å². The number of alkyl halides is 3. The van der Waals surface area contributed by atoms with Crippen LogP contribution in [0.15, 0.2) is 42.5 Å². The molecule has 1 saturated heterocycles. The van der Waals surface area contributed by atoms with E-state index in [4.69, 9.17) is 4.74 Å². The number of aryl methyl sites for hydroxylation is 1. The van der Waals surface area contributed by atoms with Gasteiger partial charge in [0.15, 0.2) is 0 Å². The minimum Gasteiger partial charge on any atom is -0.384 e. The Morgan fingerprint density at radius 1 is 1.18 bits per heavy atom. The van der Waals surface area contributed by atoms with Crippen LogP contribution in [0, 0.1) is 12.8 Å². The summed E-state index contributed by atoms with van der Waals surface area (Å²) in [6.07, 6.45) is -2.72. The van der Waals surface area contributed by atoms with Gasteiger partial charge in [-0.25, -0.2) is 0 Å². The van der Waals surface area contributed by atoms with Crippen molar-refractivity contribution in [3.05, 3.63) is 65.0 Å². The van der Waals surface area contributed by atoms with Gasteiger partial charge in [0.2, 0.25) is 5.91 Å². The van der Waals surface area contributed by atoms with Crippen LogP contribution in [0.1, 0.15) is 59.9 Å². The minimum atomic E-state index is -4.58. The molecule has 2 heterocycles. The zero-order valence-corrected chi connectivity index (χ0v) is 22.1. The summed E-state index contributed by atoms with van der Waals surface area (Å²) in [6.45, 7) is 4.79. The fourth-order valence-corrected chi connectivity index (χ4v) is 5.82. The summed E-state index contributed by atoms with van der Waals surface area (Å²) >= 11 is 0. The Morgan fingerprint density at radius 3 is 2.56 bits per heavy atom. The van der Waals surface area contributed by atoms with E-state index in [0.29, 0.717) is 51.1 Å². The molecule has 11 heteroatoms. The van der Waals surface area contributed by atoms with Crippen molar-refractivity contribution in [3.63, 3.8) is 0 Å². The van der Waals surface area contributed by atoms with Crippen LogP contribution in [0.5, 0.6) is 0 Å². The van der Waals surface area contributed by atoms with Gasteiger partial charge in [-0.2, -0.15) is 13.2 Å². The van der Waals surface area contributed by atoms with Gasteiger partial charge in [0.25, 0.3) is 5.91 Å². The summed E-state index contributed by atoms with van der Waals surface area (Å²) < 4.78 is 45.1. The highest BCUT2D eigenvalue weighted by molar-refractivity contribution is 5.96. The van der Waals surface area contributed by atoms with Crippen LogP contribution in [0.4, 0.5) is 13.2 Å². The second-order valence-corrected chi connectivity index (χ2v) is 10.4. The van der Waals surface area contributed by atoms with E-state index in [-0.39, 0.29) is 17.6 Å². The molecule has 0 spiro atoms. The molecule has 39 heavy (non-hydrogen) atoms. The van der Waals surface area contributed by atoms with Crippen molar-refractivity contribution < 1.29 is 32.6 Å². The van der Waals surface area contributed by atoms with E-state index in [0.717, 1.165) is 23.9 Å². The fraction of sp³-hybridized carbons (Fsp3) is 0.536. The minimum absolute atomic E-state index is 0.0164. The third kappa shape index (κ3) is 6.42. The van der Waals surface area contributed by atoms with Gasteiger partial charge in [-0.3, -0.25) is 14.6 Å². The summed E-state index contributed by atoms with van der Waals surface area (Å²) in [7, 11) is 0. The summed E-state index contributed by atoms with van der Waals surface area (Å²) in [5, 5.41) is 20.2. The smallest absolute Gasteiger partial charge is 0.384 e. The first-order chi connectivity index (χ1) is 18.5. The predicted octanol–water partition coefficient (Wildman–Crippen LogP) is 3.08. The molecule has 212 valence electrons. The Morgan fingerprint density at radius 2 is 1.90 bits per heavy atom. The number of carbonyl (C=O) groups is 2. The van der Waals surface area contributed by atoms with E-state index in [1.807, 2.05) is 32.0 Å². The monoisotopic (exact) mass is 548 g/mol. The van der Waals surface area contributed by atoms with Crippen LogP contribution in [0.3, 0.4) is 0 Å². The molecular weight excluding hydrogens is 513 g/mol. The number of hydrogen-bond donors (Lipinski definition) is 4. The summed E-state index contributed by atoms with van der Waals surface area (Å²) in [4.78, 5) is 30.1. The number of ether oxygens (including phenoxy) is 1. The lowest BCUT2D eigenvalue weighted by Crippen LogP contribution is -2.64. The molecule has 4 rings (SSSR count). The topological polar surface area (TPSA) is 113 Å². The number of benzene rings is 1. The number of halogens is 3. The van der Waals surface area contributed by atoms with Gasteiger partial charge in [-0.05, 0) is 75.8 Å². The molecule has 4 N–H and O–H groups in total. The third-order valence-corrected chi connectivity index (χ3v) is 7.83. The first-order valence-corrected chi connectivity index (χ1v) is 13.2. The molecule has 1 saturated carbocycles. The lowest BCUT2D eigenvalue weighted by molar-refractivity contribution is -0.137. The van der Waals surface area contributed by atoms with Gasteiger partial charge in [0, 0.05) is 31.0 Å². The highest BCUT2D eigenvalue weighted by Crippen LogP contribution is 2.44. The maximum Gasteiger partial charge on any atom is 0.416 e. The Balaban J connectivity index is 1.44. The lowest BCUT2D eigenvalue weighted by atomic mass is 9.68. The van der Waals surface area contributed by atoms with E-state index < -0.39 is 41.2 Å². The van der Waals surface area contributed by atoms with E-state index in [2.05, 4.69) is 20.9 Å². The van der Waals surface area contributed by atoms with Crippen molar-refractivity contribution in [2.24, 2.45) is 5.92 Å². The van der Waals surface area contributed by atoms with E-state index in [9.17, 15) is 27.9 Å². The molecule has 2 atom stereocenters. The molecule has 1 aliphatic heterocycles. The van der Waals surface area contributed by atoms with E-state index in [1.165, 1.54) is 6.07 Å². The third-order valence-electron chi connectivity index (χ3n) is 7.83. The first kappa shape index (κ1) is 29.0. The summed E-state index contributed by atoms with van der Waals surface area (Å²) in [6, 6.07) is 9.65. The maximum absolute atomic E-state index is 13.1. The summed E-state index contributed by atoms with van der Waals surface area (Å²) in [5.74, 6) is -1.26. The standard InChI is InChI=1S/C28H35F3N4O4/c1-3-39-23-15-32-17-27(23,20-10-12-26(38,13-11-20)22-9-4-6-18(2)34-22)35-24(36)16-33-25(37)19-7-5-8-21(14-19)28(29,30)31/h4-9,14,20,23,32,38H,3,10-13,15-17H2,1-2H3,(H,33,37)(H,35,36)/t20?,23-,26?,27+/m0/s1. The molecule has 2 aliphatic rings. The van der Waals surface area contributed by atoms with Gasteiger partial charge < -0.3 is 25.8 Å². The fourth-order valence-electron chi connectivity index (χ4n) is 5.82. The number of hydrogen-bond acceptors (Lipinski definition) is 6. The molecule has 1 aromatic carbocycles.